The van der Waals surface area contributed by atoms with Crippen LogP contribution < -0.4 is 9.47 Å². The highest BCUT2D eigenvalue weighted by Gasteiger charge is 2.35. The number of nitrogens with zero attached hydrogens (tertiary/aromatic N) is 1. The highest BCUT2D eigenvalue weighted by atomic mass is 19.4. The highest BCUT2D eigenvalue weighted by Crippen LogP contribution is 2.36. The van der Waals surface area contributed by atoms with E-state index in [1.807, 2.05) is 6.07 Å². The number of rotatable bonds is 5. The van der Waals surface area contributed by atoms with E-state index in [-0.39, 0.29) is 29.1 Å². The van der Waals surface area contributed by atoms with Crippen LogP contribution in [-0.2, 0) is 12.8 Å². The summed E-state index contributed by atoms with van der Waals surface area (Å²) in [6.07, 6.45) is -7.82. The van der Waals surface area contributed by atoms with E-state index in [0.29, 0.717) is 5.75 Å². The second kappa shape index (κ2) is 8.34. The number of benzene rings is 2. The third-order valence-corrected chi connectivity index (χ3v) is 4.93. The molecule has 2 aromatic heterocycles. The molecule has 0 amide bonds. The van der Waals surface area contributed by atoms with Gasteiger partial charge in [-0.1, -0.05) is 0 Å². The van der Waals surface area contributed by atoms with E-state index in [4.69, 9.17) is 4.74 Å². The van der Waals surface area contributed by atoms with Crippen molar-refractivity contribution in [2.24, 2.45) is 0 Å². The average molecular weight is 466 g/mol. The molecule has 0 aliphatic rings. The molecule has 33 heavy (non-hydrogen) atoms. The number of fused-ring (bicyclic) bond motifs is 1. The van der Waals surface area contributed by atoms with Gasteiger partial charge in [0.1, 0.15) is 18.1 Å². The SMILES string of the molecule is Cc1nc(-c2ccc(OC(F)(F)F)cc2)cc(C(F)(F)F)c1COc1ccc2cc[nH]c2c1. The lowest BCUT2D eigenvalue weighted by atomic mass is 10.0. The van der Waals surface area contributed by atoms with Gasteiger partial charge < -0.3 is 14.5 Å². The standard InChI is InChI=1S/C23H16F6N2O2/c1-13-18(12-32-17-7-4-15-8-9-30-20(15)10-17)19(22(24,25)26)11-21(31-13)14-2-5-16(6-3-14)33-23(27,28)29/h2-11,30H,12H2,1H3. The van der Waals surface area contributed by atoms with Gasteiger partial charge in [-0.15, -0.1) is 13.2 Å². The van der Waals surface area contributed by atoms with Crippen molar-refractivity contribution in [1.82, 2.24) is 9.97 Å². The zero-order valence-corrected chi connectivity index (χ0v) is 17.0. The van der Waals surface area contributed by atoms with Gasteiger partial charge in [0, 0.05) is 34.6 Å². The molecule has 0 spiro atoms. The summed E-state index contributed by atoms with van der Waals surface area (Å²) >= 11 is 0. The Morgan fingerprint density at radius 2 is 1.58 bits per heavy atom. The van der Waals surface area contributed by atoms with Gasteiger partial charge in [-0.05, 0) is 60.8 Å². The quantitative estimate of drug-likeness (QED) is 0.321. The molecule has 0 saturated heterocycles. The fourth-order valence-electron chi connectivity index (χ4n) is 3.38. The molecule has 0 fully saturated rings. The summed E-state index contributed by atoms with van der Waals surface area (Å²) in [5.41, 5.74) is -0.00256. The summed E-state index contributed by atoms with van der Waals surface area (Å²) in [6.45, 7) is 1.06. The normalized spacial score (nSPS) is 12.2. The molecule has 4 rings (SSSR count). The summed E-state index contributed by atoms with van der Waals surface area (Å²) in [4.78, 5) is 7.23. The van der Waals surface area contributed by atoms with Crippen molar-refractivity contribution in [2.45, 2.75) is 26.1 Å². The van der Waals surface area contributed by atoms with Gasteiger partial charge in [0.05, 0.1) is 11.3 Å². The molecule has 4 nitrogen and oxygen atoms in total. The first-order valence-corrected chi connectivity index (χ1v) is 9.63. The van der Waals surface area contributed by atoms with Crippen molar-refractivity contribution < 1.29 is 35.8 Å². The zero-order chi connectivity index (χ0) is 23.8. The Hall–Kier alpha value is -3.69. The number of aromatic nitrogens is 2. The molecule has 0 aliphatic heterocycles. The molecule has 0 aliphatic carbocycles. The third-order valence-electron chi connectivity index (χ3n) is 4.93. The number of halogens is 6. The molecule has 4 aromatic rings. The monoisotopic (exact) mass is 466 g/mol. The maximum Gasteiger partial charge on any atom is 0.573 e. The summed E-state index contributed by atoms with van der Waals surface area (Å²) in [5, 5.41) is 0.937. The molecule has 0 unspecified atom stereocenters. The van der Waals surface area contributed by atoms with Crippen LogP contribution in [0.5, 0.6) is 11.5 Å². The van der Waals surface area contributed by atoms with Gasteiger partial charge in [-0.3, -0.25) is 4.98 Å². The molecular weight excluding hydrogens is 450 g/mol. The Morgan fingerprint density at radius 3 is 2.24 bits per heavy atom. The molecule has 1 N–H and O–H groups in total. The molecule has 2 aromatic carbocycles. The number of aryl methyl sites for hydroxylation is 1. The number of H-pyrrole nitrogens is 1. The van der Waals surface area contributed by atoms with Gasteiger partial charge >= 0.3 is 12.5 Å². The molecule has 10 heteroatoms. The van der Waals surface area contributed by atoms with E-state index in [2.05, 4.69) is 14.7 Å². The van der Waals surface area contributed by atoms with E-state index in [1.165, 1.54) is 19.1 Å². The second-order valence-electron chi connectivity index (χ2n) is 7.20. The Kier molecular flexibility index (Phi) is 5.69. The molecule has 172 valence electrons. The fourth-order valence-corrected chi connectivity index (χ4v) is 3.38. The minimum Gasteiger partial charge on any atom is -0.489 e. The summed E-state index contributed by atoms with van der Waals surface area (Å²) in [7, 11) is 0. The third kappa shape index (κ3) is 5.21. The number of aromatic amines is 1. The highest BCUT2D eigenvalue weighted by molar-refractivity contribution is 5.80. The second-order valence-corrected chi connectivity index (χ2v) is 7.20. The van der Waals surface area contributed by atoms with Crippen LogP contribution >= 0.6 is 0 Å². The number of hydrogen-bond donors (Lipinski definition) is 1. The minimum atomic E-state index is -4.87. The van der Waals surface area contributed by atoms with Crippen molar-refractivity contribution in [2.75, 3.05) is 0 Å². The molecule has 2 heterocycles. The summed E-state index contributed by atoms with van der Waals surface area (Å²) in [6, 6.07) is 12.3. The Bertz CT molecular complexity index is 1280. The maximum absolute atomic E-state index is 13.8. The predicted molar refractivity (Wildman–Crippen MR) is 109 cm³/mol. The lowest BCUT2D eigenvalue weighted by Gasteiger charge is -2.17. The van der Waals surface area contributed by atoms with E-state index in [9.17, 15) is 26.3 Å². The van der Waals surface area contributed by atoms with Gasteiger partial charge in [0.2, 0.25) is 0 Å². The molecule has 0 radical (unpaired) electrons. The van der Waals surface area contributed by atoms with Crippen molar-refractivity contribution in [1.29, 1.82) is 0 Å². The molecule has 0 saturated carbocycles. The van der Waals surface area contributed by atoms with Crippen LogP contribution in [0.4, 0.5) is 26.3 Å². The van der Waals surface area contributed by atoms with Crippen LogP contribution in [-0.4, -0.2) is 16.3 Å². The van der Waals surface area contributed by atoms with Gasteiger partial charge in [0.25, 0.3) is 0 Å². The number of hydrogen-bond acceptors (Lipinski definition) is 3. The number of pyridine rings is 1. The van der Waals surface area contributed by atoms with Crippen molar-refractivity contribution >= 4 is 10.9 Å². The van der Waals surface area contributed by atoms with E-state index >= 15 is 0 Å². The first kappa shape index (κ1) is 22.5. The fraction of sp³-hybridized carbons (Fsp3) is 0.174. The number of alkyl halides is 6. The number of ether oxygens (including phenoxy) is 2. The molecular formula is C23H16F6N2O2. The zero-order valence-electron chi connectivity index (χ0n) is 17.0. The van der Waals surface area contributed by atoms with E-state index in [0.717, 1.165) is 29.1 Å². The molecule has 0 bridgehead atoms. The van der Waals surface area contributed by atoms with Gasteiger partial charge in [0.15, 0.2) is 0 Å². The van der Waals surface area contributed by atoms with Crippen molar-refractivity contribution in [3.05, 3.63) is 77.6 Å². The largest absolute Gasteiger partial charge is 0.573 e. The Morgan fingerprint density at radius 1 is 0.879 bits per heavy atom. The topological polar surface area (TPSA) is 47.1 Å². The van der Waals surface area contributed by atoms with Crippen LogP contribution in [0.15, 0.2) is 60.8 Å². The smallest absolute Gasteiger partial charge is 0.489 e. The number of nitrogens with one attached hydrogen (secondary N) is 1. The van der Waals surface area contributed by atoms with Gasteiger partial charge in [-0.25, -0.2) is 0 Å². The summed E-state index contributed by atoms with van der Waals surface area (Å²) in [5.74, 6) is -0.0927. The predicted octanol–water partition coefficient (Wildman–Crippen LogP) is 7.03. The lowest BCUT2D eigenvalue weighted by molar-refractivity contribution is -0.274. The van der Waals surface area contributed by atoms with Gasteiger partial charge in [-0.2, -0.15) is 13.2 Å². The Labute approximate surface area is 183 Å². The minimum absolute atomic E-state index is 0.0325. The maximum atomic E-state index is 13.8. The average Bonchev–Trinajstić information content (AvgIpc) is 3.19. The van der Waals surface area contributed by atoms with E-state index < -0.39 is 23.9 Å². The van der Waals surface area contributed by atoms with Crippen molar-refractivity contribution in [3.63, 3.8) is 0 Å². The Balaban J connectivity index is 1.63. The van der Waals surface area contributed by atoms with Crippen LogP contribution in [0, 0.1) is 6.92 Å². The first-order chi connectivity index (χ1) is 15.5. The summed E-state index contributed by atoms with van der Waals surface area (Å²) < 4.78 is 87.9. The van der Waals surface area contributed by atoms with Crippen LogP contribution in [0.2, 0.25) is 0 Å². The molecule has 0 atom stereocenters. The van der Waals surface area contributed by atoms with Crippen molar-refractivity contribution in [3.8, 4) is 22.8 Å². The van der Waals surface area contributed by atoms with E-state index in [1.54, 1.807) is 24.4 Å². The van der Waals surface area contributed by atoms with Crippen LogP contribution in [0.3, 0.4) is 0 Å². The van der Waals surface area contributed by atoms with Crippen LogP contribution in [0.1, 0.15) is 16.8 Å². The first-order valence-electron chi connectivity index (χ1n) is 9.63. The lowest BCUT2D eigenvalue weighted by Crippen LogP contribution is -2.17. The van der Waals surface area contributed by atoms with Crippen LogP contribution in [0.25, 0.3) is 22.2 Å².